The second-order valence-corrected chi connectivity index (χ2v) is 7.20. The van der Waals surface area contributed by atoms with E-state index in [1.54, 1.807) is 14.2 Å². The van der Waals surface area contributed by atoms with Crippen molar-refractivity contribution >= 4 is 33.4 Å². The number of anilines is 1. The first-order chi connectivity index (χ1) is 13.4. The van der Waals surface area contributed by atoms with Crippen molar-refractivity contribution in [3.8, 4) is 11.5 Å². The summed E-state index contributed by atoms with van der Waals surface area (Å²) >= 11 is 3.39. The zero-order valence-electron chi connectivity index (χ0n) is 16.3. The highest BCUT2D eigenvalue weighted by Gasteiger charge is 2.10. The predicted octanol–water partition coefficient (Wildman–Crippen LogP) is 3.85. The SMILES string of the molecule is COc1ccc(OC)c(CCC(=O)NCCC(=O)Nc2cc(Br)ccc2C)c1. The van der Waals surface area contributed by atoms with Crippen LogP contribution in [0.4, 0.5) is 5.69 Å². The Morgan fingerprint density at radius 1 is 1.00 bits per heavy atom. The molecular formula is C21H25BrN2O4. The number of benzene rings is 2. The summed E-state index contributed by atoms with van der Waals surface area (Å²) in [6, 6.07) is 11.2. The van der Waals surface area contributed by atoms with Crippen molar-refractivity contribution in [2.45, 2.75) is 26.2 Å². The normalized spacial score (nSPS) is 10.3. The molecule has 150 valence electrons. The number of hydrogen-bond acceptors (Lipinski definition) is 4. The van der Waals surface area contributed by atoms with E-state index in [-0.39, 0.29) is 24.8 Å². The molecule has 2 N–H and O–H groups in total. The molecule has 0 saturated heterocycles. The van der Waals surface area contributed by atoms with E-state index >= 15 is 0 Å². The van der Waals surface area contributed by atoms with Gasteiger partial charge in [-0.2, -0.15) is 0 Å². The predicted molar refractivity (Wildman–Crippen MR) is 113 cm³/mol. The second-order valence-electron chi connectivity index (χ2n) is 6.29. The lowest BCUT2D eigenvalue weighted by atomic mass is 10.1. The summed E-state index contributed by atoms with van der Waals surface area (Å²) in [6.45, 7) is 2.21. The monoisotopic (exact) mass is 448 g/mol. The van der Waals surface area contributed by atoms with Gasteiger partial charge in [0.15, 0.2) is 0 Å². The summed E-state index contributed by atoms with van der Waals surface area (Å²) in [5.74, 6) is 1.18. The number of carbonyl (C=O) groups excluding carboxylic acids is 2. The molecule has 2 amide bonds. The molecule has 0 aliphatic rings. The lowest BCUT2D eigenvalue weighted by molar-refractivity contribution is -0.121. The van der Waals surface area contributed by atoms with E-state index < -0.39 is 0 Å². The Bertz CT molecular complexity index is 839. The van der Waals surface area contributed by atoms with Gasteiger partial charge < -0.3 is 20.1 Å². The maximum atomic E-state index is 12.1. The minimum absolute atomic E-state index is 0.115. The summed E-state index contributed by atoms with van der Waals surface area (Å²) in [5, 5.41) is 5.64. The average molecular weight is 449 g/mol. The molecule has 2 aromatic rings. The van der Waals surface area contributed by atoms with Crippen molar-refractivity contribution in [1.29, 1.82) is 0 Å². The van der Waals surface area contributed by atoms with Gasteiger partial charge in [0.2, 0.25) is 11.8 Å². The first-order valence-corrected chi connectivity index (χ1v) is 9.76. The van der Waals surface area contributed by atoms with E-state index in [0.29, 0.717) is 12.8 Å². The van der Waals surface area contributed by atoms with Gasteiger partial charge in [-0.3, -0.25) is 9.59 Å². The topological polar surface area (TPSA) is 76.7 Å². The first-order valence-electron chi connectivity index (χ1n) is 8.96. The van der Waals surface area contributed by atoms with Crippen molar-refractivity contribution < 1.29 is 19.1 Å². The molecule has 0 spiro atoms. The van der Waals surface area contributed by atoms with Crippen molar-refractivity contribution in [2.75, 3.05) is 26.1 Å². The third-order valence-corrected chi connectivity index (χ3v) is 4.75. The van der Waals surface area contributed by atoms with Crippen LogP contribution in [0.5, 0.6) is 11.5 Å². The first kappa shape index (κ1) is 21.8. The Balaban J connectivity index is 1.77. The molecule has 2 rings (SSSR count). The molecule has 0 aliphatic heterocycles. The van der Waals surface area contributed by atoms with Crippen LogP contribution in [0.2, 0.25) is 0 Å². The number of methoxy groups -OCH3 is 2. The lowest BCUT2D eigenvalue weighted by Gasteiger charge is -2.11. The Morgan fingerprint density at radius 3 is 2.50 bits per heavy atom. The largest absolute Gasteiger partial charge is 0.497 e. The van der Waals surface area contributed by atoms with Crippen LogP contribution >= 0.6 is 15.9 Å². The maximum Gasteiger partial charge on any atom is 0.226 e. The average Bonchev–Trinajstić information content (AvgIpc) is 2.68. The van der Waals surface area contributed by atoms with Crippen LogP contribution in [0.15, 0.2) is 40.9 Å². The van der Waals surface area contributed by atoms with Gasteiger partial charge in [0.25, 0.3) is 0 Å². The Hall–Kier alpha value is -2.54. The van der Waals surface area contributed by atoms with Crippen molar-refractivity contribution in [3.05, 3.63) is 52.0 Å². The van der Waals surface area contributed by atoms with Gasteiger partial charge in [-0.1, -0.05) is 22.0 Å². The highest BCUT2D eigenvalue weighted by molar-refractivity contribution is 9.10. The third kappa shape index (κ3) is 6.56. The second kappa shape index (κ2) is 10.7. The molecule has 0 aromatic heterocycles. The smallest absolute Gasteiger partial charge is 0.226 e. The summed E-state index contributed by atoms with van der Waals surface area (Å²) in [5.41, 5.74) is 2.64. The number of ether oxygens (including phenoxy) is 2. The Morgan fingerprint density at radius 2 is 1.79 bits per heavy atom. The van der Waals surface area contributed by atoms with E-state index in [1.165, 1.54) is 0 Å². The molecule has 0 radical (unpaired) electrons. The third-order valence-electron chi connectivity index (χ3n) is 4.26. The quantitative estimate of drug-likeness (QED) is 0.610. The van der Waals surface area contributed by atoms with Gasteiger partial charge in [-0.15, -0.1) is 0 Å². The molecule has 2 aromatic carbocycles. The molecule has 28 heavy (non-hydrogen) atoms. The molecule has 0 bridgehead atoms. The molecule has 7 heteroatoms. The number of amides is 2. The van der Waals surface area contributed by atoms with Gasteiger partial charge in [-0.05, 0) is 54.8 Å². The minimum atomic E-state index is -0.143. The number of hydrogen-bond donors (Lipinski definition) is 2. The molecular weight excluding hydrogens is 424 g/mol. The van der Waals surface area contributed by atoms with Crippen LogP contribution in [0.25, 0.3) is 0 Å². The maximum absolute atomic E-state index is 12.1. The van der Waals surface area contributed by atoms with Crippen LogP contribution in [-0.4, -0.2) is 32.6 Å². The number of nitrogens with one attached hydrogen (secondary N) is 2. The fraction of sp³-hybridized carbons (Fsp3) is 0.333. The van der Waals surface area contributed by atoms with E-state index in [2.05, 4.69) is 26.6 Å². The van der Waals surface area contributed by atoms with Gasteiger partial charge in [-0.25, -0.2) is 0 Å². The van der Waals surface area contributed by atoms with E-state index in [4.69, 9.17) is 9.47 Å². The molecule has 6 nitrogen and oxygen atoms in total. The molecule has 0 unspecified atom stereocenters. The van der Waals surface area contributed by atoms with Gasteiger partial charge in [0.1, 0.15) is 11.5 Å². The molecule has 0 heterocycles. The zero-order valence-corrected chi connectivity index (χ0v) is 17.9. The highest BCUT2D eigenvalue weighted by atomic mass is 79.9. The van der Waals surface area contributed by atoms with Crippen LogP contribution in [0, 0.1) is 6.92 Å². The summed E-state index contributed by atoms with van der Waals surface area (Å²) in [4.78, 5) is 24.2. The Kier molecular flexibility index (Phi) is 8.32. The Labute approximate surface area is 173 Å². The lowest BCUT2D eigenvalue weighted by Crippen LogP contribution is -2.28. The number of halogens is 1. The molecule has 0 saturated carbocycles. The summed E-state index contributed by atoms with van der Waals surface area (Å²) in [7, 11) is 3.19. The van der Waals surface area contributed by atoms with Crippen molar-refractivity contribution in [2.24, 2.45) is 0 Å². The van der Waals surface area contributed by atoms with Gasteiger partial charge >= 0.3 is 0 Å². The van der Waals surface area contributed by atoms with Crippen LogP contribution in [-0.2, 0) is 16.0 Å². The van der Waals surface area contributed by atoms with Crippen LogP contribution in [0.1, 0.15) is 24.0 Å². The van der Waals surface area contributed by atoms with Crippen LogP contribution in [0.3, 0.4) is 0 Å². The van der Waals surface area contributed by atoms with E-state index in [0.717, 1.165) is 32.8 Å². The fourth-order valence-electron chi connectivity index (χ4n) is 2.67. The summed E-state index contributed by atoms with van der Waals surface area (Å²) in [6.07, 6.45) is 1.03. The summed E-state index contributed by atoms with van der Waals surface area (Å²) < 4.78 is 11.4. The van der Waals surface area contributed by atoms with E-state index in [9.17, 15) is 9.59 Å². The molecule has 0 fully saturated rings. The van der Waals surface area contributed by atoms with Crippen LogP contribution < -0.4 is 20.1 Å². The standard InChI is InChI=1S/C21H25BrN2O4/c1-14-4-6-16(22)13-18(14)24-21(26)10-11-23-20(25)9-5-15-12-17(27-2)7-8-19(15)28-3/h4,6-8,12-13H,5,9-11H2,1-3H3,(H,23,25)(H,24,26). The highest BCUT2D eigenvalue weighted by Crippen LogP contribution is 2.25. The molecule has 0 atom stereocenters. The fourth-order valence-corrected chi connectivity index (χ4v) is 3.03. The number of aryl methyl sites for hydroxylation is 2. The number of rotatable bonds is 9. The zero-order chi connectivity index (χ0) is 20.5. The van der Waals surface area contributed by atoms with E-state index in [1.807, 2.05) is 43.3 Å². The van der Waals surface area contributed by atoms with Gasteiger partial charge in [0.05, 0.1) is 14.2 Å². The van der Waals surface area contributed by atoms with Crippen molar-refractivity contribution in [3.63, 3.8) is 0 Å². The van der Waals surface area contributed by atoms with Crippen molar-refractivity contribution in [1.82, 2.24) is 5.32 Å². The van der Waals surface area contributed by atoms with Gasteiger partial charge in [0, 0.05) is 29.5 Å². The minimum Gasteiger partial charge on any atom is -0.497 e. The molecule has 0 aliphatic carbocycles. The number of carbonyl (C=O) groups is 2.